The van der Waals surface area contributed by atoms with Crippen molar-refractivity contribution in [2.45, 2.75) is 32.4 Å². The third-order valence-electron chi connectivity index (χ3n) is 3.64. The normalized spacial score (nSPS) is 12.5. The van der Waals surface area contributed by atoms with E-state index >= 15 is 0 Å². The van der Waals surface area contributed by atoms with Crippen molar-refractivity contribution in [2.75, 3.05) is 13.1 Å². The van der Waals surface area contributed by atoms with Gasteiger partial charge in [-0.1, -0.05) is 49.4 Å². The van der Waals surface area contributed by atoms with Crippen LogP contribution in [0.2, 0.25) is 0 Å². The fourth-order valence-electron chi connectivity index (χ4n) is 2.65. The highest BCUT2D eigenvalue weighted by Gasteiger charge is 2.12. The van der Waals surface area contributed by atoms with Gasteiger partial charge in [0, 0.05) is 13.1 Å². The summed E-state index contributed by atoms with van der Waals surface area (Å²) >= 11 is 0. The van der Waals surface area contributed by atoms with Crippen molar-refractivity contribution in [3.63, 3.8) is 0 Å². The van der Waals surface area contributed by atoms with Crippen LogP contribution < -0.4 is 0 Å². The van der Waals surface area contributed by atoms with Gasteiger partial charge in [0.1, 0.15) is 5.82 Å². The molecule has 2 nitrogen and oxygen atoms in total. The second-order valence-corrected chi connectivity index (χ2v) is 5.71. The number of benzene rings is 2. The Kier molecular flexibility index (Phi) is 6.56. The van der Waals surface area contributed by atoms with E-state index in [1.54, 1.807) is 0 Å². The average molecular weight is 301 g/mol. The van der Waals surface area contributed by atoms with Crippen molar-refractivity contribution in [1.82, 2.24) is 4.90 Å². The van der Waals surface area contributed by atoms with Gasteiger partial charge < -0.3 is 5.11 Å². The minimum absolute atomic E-state index is 0.213. The van der Waals surface area contributed by atoms with E-state index in [1.165, 1.54) is 12.1 Å². The Labute approximate surface area is 132 Å². The summed E-state index contributed by atoms with van der Waals surface area (Å²) in [5.74, 6) is -0.213. The first-order valence-electron chi connectivity index (χ1n) is 7.86. The Bertz CT molecular complexity index is 541. The van der Waals surface area contributed by atoms with E-state index in [0.717, 1.165) is 30.6 Å². The third-order valence-corrected chi connectivity index (χ3v) is 3.64. The lowest BCUT2D eigenvalue weighted by Crippen LogP contribution is -2.33. The second kappa shape index (κ2) is 8.66. The lowest BCUT2D eigenvalue weighted by molar-refractivity contribution is 0.108. The average Bonchev–Trinajstić information content (AvgIpc) is 2.50. The molecule has 118 valence electrons. The summed E-state index contributed by atoms with van der Waals surface area (Å²) in [6.45, 7) is 4.41. The van der Waals surface area contributed by atoms with E-state index in [9.17, 15) is 9.50 Å². The maximum absolute atomic E-state index is 13.0. The van der Waals surface area contributed by atoms with E-state index in [4.69, 9.17) is 0 Å². The smallest absolute Gasteiger partial charge is 0.123 e. The minimum atomic E-state index is -0.394. The highest BCUT2D eigenvalue weighted by atomic mass is 19.1. The zero-order chi connectivity index (χ0) is 15.8. The van der Waals surface area contributed by atoms with E-state index in [1.807, 2.05) is 42.5 Å². The quantitative estimate of drug-likeness (QED) is 0.804. The molecule has 3 heteroatoms. The van der Waals surface area contributed by atoms with Gasteiger partial charge in [-0.25, -0.2) is 4.39 Å². The van der Waals surface area contributed by atoms with Crippen molar-refractivity contribution in [3.05, 3.63) is 71.5 Å². The summed E-state index contributed by atoms with van der Waals surface area (Å²) in [7, 11) is 0. The topological polar surface area (TPSA) is 23.5 Å². The molecule has 0 aliphatic carbocycles. The van der Waals surface area contributed by atoms with Crippen LogP contribution in [0.5, 0.6) is 0 Å². The van der Waals surface area contributed by atoms with Crippen molar-refractivity contribution in [3.8, 4) is 0 Å². The number of aliphatic hydroxyl groups excluding tert-OH is 1. The number of rotatable bonds is 8. The molecule has 2 aromatic carbocycles. The summed E-state index contributed by atoms with van der Waals surface area (Å²) in [4.78, 5) is 2.22. The maximum atomic E-state index is 13.0. The predicted molar refractivity (Wildman–Crippen MR) is 88.1 cm³/mol. The van der Waals surface area contributed by atoms with Gasteiger partial charge in [-0.3, -0.25) is 4.90 Å². The van der Waals surface area contributed by atoms with Crippen LogP contribution in [0, 0.1) is 5.82 Å². The lowest BCUT2D eigenvalue weighted by atomic mass is 10.1. The Morgan fingerprint density at radius 2 is 1.68 bits per heavy atom. The Morgan fingerprint density at radius 1 is 1.00 bits per heavy atom. The number of hydrogen-bond acceptors (Lipinski definition) is 2. The Morgan fingerprint density at radius 3 is 2.32 bits per heavy atom. The molecule has 2 rings (SSSR count). The molecule has 0 radical (unpaired) electrons. The van der Waals surface area contributed by atoms with Crippen molar-refractivity contribution < 1.29 is 9.50 Å². The number of nitrogens with zero attached hydrogens (tertiary/aromatic N) is 1. The van der Waals surface area contributed by atoms with Gasteiger partial charge in [0.15, 0.2) is 0 Å². The first-order chi connectivity index (χ1) is 10.7. The maximum Gasteiger partial charge on any atom is 0.123 e. The molecule has 1 atom stereocenters. The van der Waals surface area contributed by atoms with Gasteiger partial charge >= 0.3 is 0 Å². The van der Waals surface area contributed by atoms with E-state index < -0.39 is 6.10 Å². The molecule has 22 heavy (non-hydrogen) atoms. The van der Waals surface area contributed by atoms with Gasteiger partial charge in [0.2, 0.25) is 0 Å². The van der Waals surface area contributed by atoms with Crippen LogP contribution in [0.1, 0.15) is 24.5 Å². The van der Waals surface area contributed by atoms with E-state index in [2.05, 4.69) is 11.8 Å². The number of halogens is 1. The SMILES string of the molecule is CCCN(Cc1ccc(F)cc1)C[C@H](O)Cc1ccccc1. The second-order valence-electron chi connectivity index (χ2n) is 5.71. The number of hydrogen-bond donors (Lipinski definition) is 1. The van der Waals surface area contributed by atoms with Crippen LogP contribution in [-0.2, 0) is 13.0 Å². The Hall–Kier alpha value is -1.71. The van der Waals surface area contributed by atoms with Gasteiger partial charge in [0.05, 0.1) is 6.10 Å². The molecule has 2 aromatic rings. The van der Waals surface area contributed by atoms with Crippen molar-refractivity contribution in [1.29, 1.82) is 0 Å². The summed E-state index contributed by atoms with van der Waals surface area (Å²) < 4.78 is 13.0. The summed E-state index contributed by atoms with van der Waals surface area (Å²) in [6.07, 6.45) is 1.29. The van der Waals surface area contributed by atoms with Crippen LogP contribution in [0.15, 0.2) is 54.6 Å². The third kappa shape index (κ3) is 5.58. The molecule has 0 spiro atoms. The minimum Gasteiger partial charge on any atom is -0.391 e. The molecule has 0 aliphatic heterocycles. The molecule has 0 aliphatic rings. The van der Waals surface area contributed by atoms with Crippen molar-refractivity contribution >= 4 is 0 Å². The van der Waals surface area contributed by atoms with Crippen LogP contribution in [0.25, 0.3) is 0 Å². The summed E-state index contributed by atoms with van der Waals surface area (Å²) in [5, 5.41) is 10.3. The number of aliphatic hydroxyl groups is 1. The lowest BCUT2D eigenvalue weighted by Gasteiger charge is -2.25. The molecule has 0 saturated carbocycles. The van der Waals surface area contributed by atoms with Crippen LogP contribution >= 0.6 is 0 Å². The standard InChI is InChI=1S/C19H24FNO/c1-2-12-21(14-17-8-10-18(20)11-9-17)15-19(22)13-16-6-4-3-5-7-16/h3-11,19,22H,2,12-15H2,1H3/t19-/m1/s1. The fraction of sp³-hybridized carbons (Fsp3) is 0.368. The first kappa shape index (κ1) is 16.7. The fourth-order valence-corrected chi connectivity index (χ4v) is 2.65. The summed E-state index contributed by atoms with van der Waals surface area (Å²) in [6, 6.07) is 16.6. The molecule has 0 fully saturated rings. The van der Waals surface area contributed by atoms with Gasteiger partial charge in [0.25, 0.3) is 0 Å². The zero-order valence-electron chi connectivity index (χ0n) is 13.1. The molecular formula is C19H24FNO. The van der Waals surface area contributed by atoms with Crippen LogP contribution in [0.4, 0.5) is 4.39 Å². The highest BCUT2D eigenvalue weighted by molar-refractivity contribution is 5.17. The van der Waals surface area contributed by atoms with E-state index in [-0.39, 0.29) is 5.82 Å². The molecule has 0 amide bonds. The molecule has 0 aromatic heterocycles. The van der Waals surface area contributed by atoms with Crippen LogP contribution in [-0.4, -0.2) is 29.2 Å². The molecule has 1 N–H and O–H groups in total. The zero-order valence-corrected chi connectivity index (χ0v) is 13.1. The van der Waals surface area contributed by atoms with Gasteiger partial charge in [-0.15, -0.1) is 0 Å². The highest BCUT2D eigenvalue weighted by Crippen LogP contribution is 2.10. The summed E-state index contributed by atoms with van der Waals surface area (Å²) in [5.41, 5.74) is 2.22. The molecule has 0 bridgehead atoms. The Balaban J connectivity index is 1.91. The first-order valence-corrected chi connectivity index (χ1v) is 7.86. The van der Waals surface area contributed by atoms with E-state index in [0.29, 0.717) is 13.0 Å². The van der Waals surface area contributed by atoms with Gasteiger partial charge in [-0.2, -0.15) is 0 Å². The molecule has 0 saturated heterocycles. The largest absolute Gasteiger partial charge is 0.391 e. The molecule has 0 heterocycles. The monoisotopic (exact) mass is 301 g/mol. The predicted octanol–water partition coefficient (Wildman–Crippen LogP) is 3.64. The molecular weight excluding hydrogens is 277 g/mol. The van der Waals surface area contributed by atoms with Crippen molar-refractivity contribution in [2.24, 2.45) is 0 Å². The van der Waals surface area contributed by atoms with Gasteiger partial charge in [-0.05, 0) is 42.6 Å². The van der Waals surface area contributed by atoms with Crippen LogP contribution in [0.3, 0.4) is 0 Å². The molecule has 0 unspecified atom stereocenters.